The van der Waals surface area contributed by atoms with Crippen LogP contribution in [0.4, 0.5) is 0 Å². The fourth-order valence-corrected chi connectivity index (χ4v) is 1.25. The van der Waals surface area contributed by atoms with Gasteiger partial charge in [0.1, 0.15) is 0 Å². The Morgan fingerprint density at radius 1 is 1.70 bits per heavy atom. The number of rotatable bonds is 2. The van der Waals surface area contributed by atoms with Gasteiger partial charge in [-0.1, -0.05) is 6.08 Å². The molecule has 0 aromatic carbocycles. The molecule has 2 heteroatoms. The van der Waals surface area contributed by atoms with Crippen molar-refractivity contribution in [2.45, 2.75) is 12.8 Å². The van der Waals surface area contributed by atoms with Gasteiger partial charge in [0, 0.05) is 0 Å². The van der Waals surface area contributed by atoms with Crippen molar-refractivity contribution in [3.63, 3.8) is 0 Å². The summed E-state index contributed by atoms with van der Waals surface area (Å²) in [6.45, 7) is 3.64. The van der Waals surface area contributed by atoms with Crippen LogP contribution in [0.5, 0.6) is 0 Å². The molecule has 2 nitrogen and oxygen atoms in total. The largest absolute Gasteiger partial charge is 0.469 e. The van der Waals surface area contributed by atoms with Gasteiger partial charge in [0.25, 0.3) is 0 Å². The normalized spacial score (nSPS) is 30.5. The third-order valence-corrected chi connectivity index (χ3v) is 2.13. The highest BCUT2D eigenvalue weighted by Gasteiger charge is 2.34. The summed E-state index contributed by atoms with van der Waals surface area (Å²) in [6, 6.07) is 0. The molecule has 0 heterocycles. The van der Waals surface area contributed by atoms with E-state index in [1.807, 2.05) is 6.08 Å². The lowest BCUT2D eigenvalue weighted by atomic mass is 9.74. The van der Waals surface area contributed by atoms with Crippen LogP contribution in [0.2, 0.25) is 0 Å². The quantitative estimate of drug-likeness (QED) is 0.427. The first-order valence-corrected chi connectivity index (χ1v) is 3.50. The number of hydrogen-bond acceptors (Lipinski definition) is 2. The summed E-state index contributed by atoms with van der Waals surface area (Å²) in [4.78, 5) is 10.9. The third-order valence-electron chi connectivity index (χ3n) is 2.13. The Balaban J connectivity index is 2.42. The number of allylic oxidation sites excluding steroid dienone is 1. The second-order valence-electron chi connectivity index (χ2n) is 2.61. The third kappa shape index (κ3) is 1.06. The minimum absolute atomic E-state index is 0.0869. The van der Waals surface area contributed by atoms with Crippen LogP contribution in [-0.4, -0.2) is 13.1 Å². The Morgan fingerprint density at radius 2 is 2.40 bits per heavy atom. The first-order chi connectivity index (χ1) is 4.79. The zero-order valence-corrected chi connectivity index (χ0v) is 6.17. The summed E-state index contributed by atoms with van der Waals surface area (Å²) in [5.74, 6) is 0.381. The highest BCUT2D eigenvalue weighted by Crippen LogP contribution is 2.35. The van der Waals surface area contributed by atoms with Gasteiger partial charge in [-0.2, -0.15) is 0 Å². The molecule has 0 aliphatic heterocycles. The van der Waals surface area contributed by atoms with E-state index >= 15 is 0 Å². The number of methoxy groups -OCH3 is 1. The molecular formula is C8H12O2. The van der Waals surface area contributed by atoms with E-state index in [-0.39, 0.29) is 11.9 Å². The maximum absolute atomic E-state index is 10.9. The maximum Gasteiger partial charge on any atom is 0.309 e. The number of ether oxygens (including phenoxy) is 1. The highest BCUT2D eigenvalue weighted by molar-refractivity contribution is 5.73. The van der Waals surface area contributed by atoms with Crippen molar-refractivity contribution in [1.82, 2.24) is 0 Å². The number of carbonyl (C=O) groups is 1. The second-order valence-corrected chi connectivity index (χ2v) is 2.61. The number of esters is 1. The fraction of sp³-hybridized carbons (Fsp3) is 0.625. The zero-order chi connectivity index (χ0) is 7.56. The van der Waals surface area contributed by atoms with Crippen molar-refractivity contribution in [3.8, 4) is 0 Å². The Morgan fingerprint density at radius 3 is 2.70 bits per heavy atom. The lowest BCUT2D eigenvalue weighted by molar-refractivity contribution is -0.150. The molecule has 10 heavy (non-hydrogen) atoms. The first kappa shape index (κ1) is 7.32. The summed E-state index contributed by atoms with van der Waals surface area (Å²) < 4.78 is 4.60. The Bertz CT molecular complexity index is 151. The molecule has 1 aliphatic rings. The summed E-state index contributed by atoms with van der Waals surface area (Å²) in [5.41, 5.74) is 0. The molecule has 0 N–H and O–H groups in total. The Kier molecular flexibility index (Phi) is 2.10. The maximum atomic E-state index is 10.9. The van der Waals surface area contributed by atoms with E-state index in [0.717, 1.165) is 12.8 Å². The lowest BCUT2D eigenvalue weighted by Crippen LogP contribution is -2.32. The van der Waals surface area contributed by atoms with E-state index < -0.39 is 0 Å². The molecule has 0 spiro atoms. The standard InChI is InChI=1S/C8H12O2/c1-3-6-4-5-7(6)8(9)10-2/h3,6-7H,1,4-5H2,2H3/t6-,7-/m1/s1. The fourth-order valence-electron chi connectivity index (χ4n) is 1.25. The molecule has 1 fully saturated rings. The first-order valence-electron chi connectivity index (χ1n) is 3.50. The predicted octanol–water partition coefficient (Wildman–Crippen LogP) is 1.37. The van der Waals surface area contributed by atoms with E-state index in [9.17, 15) is 4.79 Å². The molecule has 1 aliphatic carbocycles. The molecule has 1 rings (SSSR count). The summed E-state index contributed by atoms with van der Waals surface area (Å²) in [5, 5.41) is 0. The van der Waals surface area contributed by atoms with Crippen LogP contribution in [0, 0.1) is 11.8 Å². The molecule has 1 saturated carbocycles. The zero-order valence-electron chi connectivity index (χ0n) is 6.17. The molecule has 56 valence electrons. The van der Waals surface area contributed by atoms with E-state index in [1.165, 1.54) is 7.11 Å². The molecule has 2 atom stereocenters. The summed E-state index contributed by atoms with van der Waals surface area (Å²) in [7, 11) is 1.43. The number of hydrogen-bond donors (Lipinski definition) is 0. The molecule has 0 aromatic heterocycles. The van der Waals surface area contributed by atoms with Gasteiger partial charge < -0.3 is 4.74 Å². The average molecular weight is 140 g/mol. The average Bonchev–Trinajstić information content (AvgIpc) is 1.86. The van der Waals surface area contributed by atoms with Crippen LogP contribution in [0.15, 0.2) is 12.7 Å². The van der Waals surface area contributed by atoms with Crippen molar-refractivity contribution in [2.24, 2.45) is 11.8 Å². The van der Waals surface area contributed by atoms with Gasteiger partial charge in [0.05, 0.1) is 13.0 Å². The smallest absolute Gasteiger partial charge is 0.309 e. The van der Waals surface area contributed by atoms with Gasteiger partial charge in [0.15, 0.2) is 0 Å². The van der Waals surface area contributed by atoms with Crippen molar-refractivity contribution in [1.29, 1.82) is 0 Å². The van der Waals surface area contributed by atoms with Crippen LogP contribution in [0.25, 0.3) is 0 Å². The minimum atomic E-state index is -0.0869. The summed E-state index contributed by atoms with van der Waals surface area (Å²) >= 11 is 0. The van der Waals surface area contributed by atoms with Gasteiger partial charge in [0.2, 0.25) is 0 Å². The van der Waals surface area contributed by atoms with E-state index in [1.54, 1.807) is 0 Å². The van der Waals surface area contributed by atoms with Crippen LogP contribution in [-0.2, 0) is 9.53 Å². The molecular weight excluding hydrogens is 128 g/mol. The van der Waals surface area contributed by atoms with E-state index in [4.69, 9.17) is 0 Å². The SMILES string of the molecule is C=C[C@@H]1CC[C@H]1C(=O)OC. The van der Waals surface area contributed by atoms with Crippen molar-refractivity contribution >= 4 is 5.97 Å². The van der Waals surface area contributed by atoms with Crippen LogP contribution >= 0.6 is 0 Å². The van der Waals surface area contributed by atoms with Gasteiger partial charge in [-0.25, -0.2) is 0 Å². The van der Waals surface area contributed by atoms with Gasteiger partial charge in [-0.05, 0) is 18.8 Å². The molecule has 0 unspecified atom stereocenters. The monoisotopic (exact) mass is 140 g/mol. The predicted molar refractivity (Wildman–Crippen MR) is 38.4 cm³/mol. The molecule has 0 aromatic rings. The van der Waals surface area contributed by atoms with Gasteiger partial charge >= 0.3 is 5.97 Å². The van der Waals surface area contributed by atoms with Crippen LogP contribution in [0.3, 0.4) is 0 Å². The van der Waals surface area contributed by atoms with Crippen molar-refractivity contribution in [3.05, 3.63) is 12.7 Å². The topological polar surface area (TPSA) is 26.3 Å². The van der Waals surface area contributed by atoms with Gasteiger partial charge in [-0.3, -0.25) is 4.79 Å². The van der Waals surface area contributed by atoms with Crippen LogP contribution < -0.4 is 0 Å². The second kappa shape index (κ2) is 2.86. The molecule has 0 saturated heterocycles. The Labute approximate surface area is 60.9 Å². The van der Waals surface area contributed by atoms with Crippen LogP contribution in [0.1, 0.15) is 12.8 Å². The van der Waals surface area contributed by atoms with E-state index in [2.05, 4.69) is 11.3 Å². The van der Waals surface area contributed by atoms with E-state index in [0.29, 0.717) is 5.92 Å². The molecule has 0 amide bonds. The highest BCUT2D eigenvalue weighted by atomic mass is 16.5. The van der Waals surface area contributed by atoms with Crippen molar-refractivity contribution < 1.29 is 9.53 Å². The lowest BCUT2D eigenvalue weighted by Gasteiger charge is -2.31. The number of carbonyl (C=O) groups excluding carboxylic acids is 1. The molecule has 0 bridgehead atoms. The minimum Gasteiger partial charge on any atom is -0.469 e. The molecule has 0 radical (unpaired) electrons. The Hall–Kier alpha value is -0.790. The van der Waals surface area contributed by atoms with Gasteiger partial charge in [-0.15, -0.1) is 6.58 Å². The van der Waals surface area contributed by atoms with Crippen molar-refractivity contribution in [2.75, 3.05) is 7.11 Å². The summed E-state index contributed by atoms with van der Waals surface area (Å²) in [6.07, 6.45) is 3.89.